The third kappa shape index (κ3) is 5.70. The molecule has 53 heavy (non-hydrogen) atoms. The second-order valence-electron chi connectivity index (χ2n) is 12.6. The average molecular weight is 866 g/mol. The van der Waals surface area contributed by atoms with Crippen LogP contribution in [0.15, 0.2) is 163 Å². The Morgan fingerprint density at radius 2 is 1.34 bits per heavy atom. The van der Waals surface area contributed by atoms with E-state index in [0.29, 0.717) is 11.5 Å². The largest absolute Gasteiger partial charge is 0.510 e. The average Bonchev–Trinajstić information content (AvgIpc) is 3.92. The fourth-order valence-electron chi connectivity index (χ4n) is 7.20. The second-order valence-corrected chi connectivity index (χ2v) is 12.6. The summed E-state index contributed by atoms with van der Waals surface area (Å²) >= 11 is 0. The van der Waals surface area contributed by atoms with E-state index in [1.165, 1.54) is 0 Å². The van der Waals surface area contributed by atoms with E-state index >= 15 is 0 Å². The number of hydrogen-bond acceptors (Lipinski definition) is 5. The van der Waals surface area contributed by atoms with Gasteiger partial charge in [0.25, 0.3) is 6.33 Å². The van der Waals surface area contributed by atoms with Crippen LogP contribution in [-0.4, -0.2) is 28.6 Å². The molecule has 0 atom stereocenters. The number of guanidine groups is 1. The predicted molar refractivity (Wildman–Crippen MR) is 205 cm³/mol. The van der Waals surface area contributed by atoms with Crippen LogP contribution in [0, 0.1) is 18.5 Å². The minimum absolute atomic E-state index is 0. The maximum Gasteiger partial charge on any atom is 0.268 e. The van der Waals surface area contributed by atoms with Crippen LogP contribution in [0.4, 0.5) is 17.2 Å². The minimum atomic E-state index is 0. The van der Waals surface area contributed by atoms with E-state index in [1.807, 2.05) is 47.4 Å². The van der Waals surface area contributed by atoms with E-state index < -0.39 is 0 Å². The van der Waals surface area contributed by atoms with Crippen LogP contribution in [0.5, 0.6) is 11.5 Å². The van der Waals surface area contributed by atoms with Gasteiger partial charge in [-0.2, -0.15) is 12.1 Å². The summed E-state index contributed by atoms with van der Waals surface area (Å²) in [6.45, 7) is 1.56. The van der Waals surface area contributed by atoms with E-state index in [-0.39, 0.29) is 21.1 Å². The van der Waals surface area contributed by atoms with Gasteiger partial charge in [-0.3, -0.25) is 14.5 Å². The van der Waals surface area contributed by atoms with Crippen LogP contribution >= 0.6 is 0 Å². The molecule has 0 unspecified atom stereocenters. The molecule has 0 saturated heterocycles. The first-order chi connectivity index (χ1) is 25.8. The van der Waals surface area contributed by atoms with Gasteiger partial charge in [-0.15, -0.1) is 30.3 Å². The maximum atomic E-state index is 6.48. The summed E-state index contributed by atoms with van der Waals surface area (Å²) in [6.07, 6.45) is 5.51. The Morgan fingerprint density at radius 1 is 0.642 bits per heavy atom. The summed E-state index contributed by atoms with van der Waals surface area (Å²) < 4.78 is 10.7. The molecule has 0 N–H and O–H groups in total. The van der Waals surface area contributed by atoms with Gasteiger partial charge in [0.2, 0.25) is 0 Å². The van der Waals surface area contributed by atoms with Gasteiger partial charge in [-0.1, -0.05) is 109 Å². The number of benzene rings is 6. The molecule has 0 bridgehead atoms. The molecule has 2 aliphatic heterocycles. The van der Waals surface area contributed by atoms with Crippen LogP contribution < -0.4 is 19.1 Å². The number of aliphatic imine (C=N–C) groups is 1. The van der Waals surface area contributed by atoms with Crippen molar-refractivity contribution in [1.82, 2.24) is 9.55 Å². The molecule has 8 heteroatoms. The minimum Gasteiger partial charge on any atom is -0.510 e. The number of para-hydroxylation sites is 3. The van der Waals surface area contributed by atoms with E-state index in [4.69, 9.17) is 9.73 Å². The maximum absolute atomic E-state index is 6.48. The SMILES string of the molecule is [Pt].[c-]1c(Oc2[c-]c3c(cc2)N2CCN=C2N3c2ccccn2)cccc1-n1[c-][n+](-c2c(-c3ccccc3)cccc2-c2ccccc2)c2ccccc21. The smallest absolute Gasteiger partial charge is 0.268 e. The fourth-order valence-corrected chi connectivity index (χ4v) is 7.20. The topological polar surface area (TPSA) is 49.8 Å². The van der Waals surface area contributed by atoms with Gasteiger partial charge in [-0.05, 0) is 51.4 Å². The first-order valence-corrected chi connectivity index (χ1v) is 17.3. The normalized spacial score (nSPS) is 13.0. The predicted octanol–water partition coefficient (Wildman–Crippen LogP) is 9.15. The molecule has 0 amide bonds. The van der Waals surface area contributed by atoms with Crippen molar-refractivity contribution in [2.24, 2.45) is 4.99 Å². The van der Waals surface area contributed by atoms with E-state index in [2.05, 4.69) is 147 Å². The second kappa shape index (κ2) is 13.7. The first kappa shape index (κ1) is 32.6. The molecule has 0 spiro atoms. The summed E-state index contributed by atoms with van der Waals surface area (Å²) in [6, 6.07) is 58.8. The molecule has 2 aromatic heterocycles. The summed E-state index contributed by atoms with van der Waals surface area (Å²) in [5.74, 6) is 2.81. The fraction of sp³-hybridized carbons (Fsp3) is 0.0444. The summed E-state index contributed by atoms with van der Waals surface area (Å²) in [7, 11) is 0. The van der Waals surface area contributed by atoms with Gasteiger partial charge < -0.3 is 14.2 Å². The summed E-state index contributed by atoms with van der Waals surface area (Å²) in [5, 5.41) is 0. The van der Waals surface area contributed by atoms with E-state index in [0.717, 1.165) is 80.9 Å². The number of anilines is 3. The van der Waals surface area contributed by atoms with Crippen molar-refractivity contribution in [2.75, 3.05) is 22.9 Å². The zero-order chi connectivity index (χ0) is 34.4. The van der Waals surface area contributed by atoms with Crippen molar-refractivity contribution in [2.45, 2.75) is 0 Å². The first-order valence-electron chi connectivity index (χ1n) is 17.3. The van der Waals surface area contributed by atoms with Gasteiger partial charge in [0, 0.05) is 45.3 Å². The quantitative estimate of drug-likeness (QED) is 0.119. The third-order valence-corrected chi connectivity index (χ3v) is 9.49. The molecule has 4 heterocycles. The van der Waals surface area contributed by atoms with Gasteiger partial charge in [0.1, 0.15) is 5.82 Å². The monoisotopic (exact) mass is 865 g/mol. The number of nitrogens with zero attached hydrogens (tertiary/aromatic N) is 6. The Labute approximate surface area is 322 Å². The molecule has 6 aromatic carbocycles. The molecule has 0 fully saturated rings. The number of ether oxygens (including phenoxy) is 1. The van der Waals surface area contributed by atoms with Crippen LogP contribution in [0.2, 0.25) is 0 Å². The molecule has 8 aromatic rings. The van der Waals surface area contributed by atoms with Crippen molar-refractivity contribution in [3.05, 3.63) is 176 Å². The molecule has 7 nitrogen and oxygen atoms in total. The number of hydrogen-bond donors (Lipinski definition) is 0. The molecular weight excluding hydrogens is 836 g/mol. The molecule has 2 aliphatic rings. The molecule has 0 saturated carbocycles. The molecule has 0 radical (unpaired) electrons. The Balaban J connectivity index is 0.00000372. The van der Waals surface area contributed by atoms with E-state index in [1.54, 1.807) is 6.20 Å². The van der Waals surface area contributed by atoms with Crippen LogP contribution in [0.25, 0.3) is 44.7 Å². The van der Waals surface area contributed by atoms with Gasteiger partial charge in [0.15, 0.2) is 5.96 Å². The van der Waals surface area contributed by atoms with Crippen LogP contribution in [0.1, 0.15) is 0 Å². The van der Waals surface area contributed by atoms with Crippen LogP contribution in [0.3, 0.4) is 0 Å². The number of pyridine rings is 1. The summed E-state index contributed by atoms with van der Waals surface area (Å²) in [4.78, 5) is 13.6. The number of rotatable bonds is 7. The molecule has 258 valence electrons. The number of aromatic nitrogens is 3. The number of imidazole rings is 1. The number of fused-ring (bicyclic) bond motifs is 4. The van der Waals surface area contributed by atoms with E-state index in [9.17, 15) is 0 Å². The van der Waals surface area contributed by atoms with Crippen molar-refractivity contribution in [3.8, 4) is 45.1 Å². The van der Waals surface area contributed by atoms with Crippen molar-refractivity contribution in [3.63, 3.8) is 0 Å². The van der Waals surface area contributed by atoms with Crippen LogP contribution in [-0.2, 0) is 21.1 Å². The zero-order valence-electron chi connectivity index (χ0n) is 28.3. The Hall–Kier alpha value is -6.30. The van der Waals surface area contributed by atoms with Crippen molar-refractivity contribution < 1.29 is 30.4 Å². The Bertz CT molecular complexity index is 2570. The van der Waals surface area contributed by atoms with Gasteiger partial charge in [0.05, 0.1) is 23.3 Å². The molecule has 0 aliphatic carbocycles. The summed E-state index contributed by atoms with van der Waals surface area (Å²) in [5.41, 5.74) is 10.3. The standard InChI is InChI=1S/C45H30N6O.Pt/c1-3-13-32(14-4-1)37-19-12-20-38(33-15-5-2-6-16-33)44(37)50-31-49(39-21-7-8-22-40(39)50)34-17-11-18-35(29-34)52-36-24-25-41-42(30-36)51(43-23-9-10-26-46-43)45-47-27-28-48(41)45;/h1-26H,27-28H2;/q-2;. The Kier molecular flexibility index (Phi) is 8.41. The van der Waals surface area contributed by atoms with Crippen molar-refractivity contribution >= 4 is 34.2 Å². The third-order valence-electron chi connectivity index (χ3n) is 9.49. The van der Waals surface area contributed by atoms with Crippen molar-refractivity contribution in [1.29, 1.82) is 0 Å². The van der Waals surface area contributed by atoms with Gasteiger partial charge in [-0.25, -0.2) is 4.98 Å². The molecule has 10 rings (SSSR count). The molecular formula is C45H30N6OPt-2. The van der Waals surface area contributed by atoms with Gasteiger partial charge >= 0.3 is 0 Å². The Morgan fingerprint density at radius 3 is 2.09 bits per heavy atom. The zero-order valence-corrected chi connectivity index (χ0v) is 30.6.